The lowest BCUT2D eigenvalue weighted by Crippen LogP contribution is -2.36. The van der Waals surface area contributed by atoms with Gasteiger partial charge in [-0.2, -0.15) is 0 Å². The smallest absolute Gasteiger partial charge is 0.125 e. The molecule has 1 aromatic carbocycles. The molecular formula is C13H19FN2O. The second-order valence-electron chi connectivity index (χ2n) is 4.69. The molecule has 3 nitrogen and oxygen atoms in total. The van der Waals surface area contributed by atoms with Crippen LogP contribution in [0.2, 0.25) is 0 Å². The summed E-state index contributed by atoms with van der Waals surface area (Å²) in [5.41, 5.74) is 7.29. The van der Waals surface area contributed by atoms with E-state index in [1.54, 1.807) is 6.07 Å². The maximum Gasteiger partial charge on any atom is 0.125 e. The Hall–Kier alpha value is -1.13. The van der Waals surface area contributed by atoms with Crippen LogP contribution in [0.25, 0.3) is 0 Å². The van der Waals surface area contributed by atoms with Crippen LogP contribution in [0, 0.1) is 5.82 Å². The van der Waals surface area contributed by atoms with Gasteiger partial charge in [-0.05, 0) is 38.1 Å². The molecule has 2 atom stereocenters. The third kappa shape index (κ3) is 2.76. The molecule has 1 aliphatic rings. The van der Waals surface area contributed by atoms with Crippen molar-refractivity contribution in [3.63, 3.8) is 0 Å². The van der Waals surface area contributed by atoms with E-state index in [0.29, 0.717) is 11.7 Å². The summed E-state index contributed by atoms with van der Waals surface area (Å²) < 4.78 is 18.5. The Balaban J connectivity index is 2.04. The predicted octanol–water partition coefficient (Wildman–Crippen LogP) is 2.02. The van der Waals surface area contributed by atoms with Gasteiger partial charge in [-0.25, -0.2) is 4.39 Å². The number of hydrogen-bond acceptors (Lipinski definition) is 3. The number of likely N-dealkylation sites (N-methyl/N-ethyl adjacent to an activating group) is 1. The van der Waals surface area contributed by atoms with E-state index in [-0.39, 0.29) is 11.9 Å². The third-order valence-corrected chi connectivity index (χ3v) is 3.43. The van der Waals surface area contributed by atoms with Gasteiger partial charge < -0.3 is 10.5 Å². The van der Waals surface area contributed by atoms with Crippen LogP contribution in [0.1, 0.15) is 18.9 Å². The van der Waals surface area contributed by atoms with E-state index < -0.39 is 0 Å². The number of nitrogens with two attached hydrogens (primary N) is 1. The molecule has 2 N–H and O–H groups in total. The fourth-order valence-electron chi connectivity index (χ4n) is 2.39. The van der Waals surface area contributed by atoms with E-state index in [0.717, 1.165) is 25.1 Å². The molecule has 1 heterocycles. The van der Waals surface area contributed by atoms with Gasteiger partial charge in [-0.3, -0.25) is 4.90 Å². The second-order valence-corrected chi connectivity index (χ2v) is 4.69. The Labute approximate surface area is 101 Å². The average molecular weight is 238 g/mol. The van der Waals surface area contributed by atoms with Gasteiger partial charge >= 0.3 is 0 Å². The van der Waals surface area contributed by atoms with Crippen molar-refractivity contribution in [2.24, 2.45) is 0 Å². The first-order valence-electron chi connectivity index (χ1n) is 5.93. The highest BCUT2D eigenvalue weighted by molar-refractivity contribution is 5.46. The lowest BCUT2D eigenvalue weighted by Gasteiger charge is -2.27. The molecule has 0 spiro atoms. The van der Waals surface area contributed by atoms with Crippen molar-refractivity contribution in [1.82, 2.24) is 4.90 Å². The number of ether oxygens (including phenoxy) is 1. The Kier molecular flexibility index (Phi) is 3.64. The monoisotopic (exact) mass is 238 g/mol. The van der Waals surface area contributed by atoms with Gasteiger partial charge in [0.2, 0.25) is 0 Å². The summed E-state index contributed by atoms with van der Waals surface area (Å²) in [6.07, 6.45) is 1.29. The van der Waals surface area contributed by atoms with Crippen LogP contribution in [-0.2, 0) is 11.3 Å². The van der Waals surface area contributed by atoms with Gasteiger partial charge in [0.1, 0.15) is 5.82 Å². The zero-order valence-corrected chi connectivity index (χ0v) is 10.3. The number of rotatable bonds is 3. The molecule has 0 saturated carbocycles. The standard InChI is InChI=1S/C13H19FN2O/c1-9-13(5-6-17-9)16(2)8-10-3-4-11(14)7-12(10)15/h3-4,7,9,13H,5-6,8,15H2,1-2H3. The first kappa shape index (κ1) is 12.3. The fourth-order valence-corrected chi connectivity index (χ4v) is 2.39. The summed E-state index contributed by atoms with van der Waals surface area (Å²) in [6.45, 7) is 3.63. The molecule has 94 valence electrons. The number of anilines is 1. The van der Waals surface area contributed by atoms with Gasteiger partial charge in [0.05, 0.1) is 6.10 Å². The van der Waals surface area contributed by atoms with Crippen LogP contribution in [-0.4, -0.2) is 30.7 Å². The molecule has 0 aromatic heterocycles. The predicted molar refractivity (Wildman–Crippen MR) is 66.1 cm³/mol. The Morgan fingerprint density at radius 2 is 2.29 bits per heavy atom. The van der Waals surface area contributed by atoms with Crippen molar-refractivity contribution in [3.05, 3.63) is 29.6 Å². The highest BCUT2D eigenvalue weighted by Gasteiger charge is 2.27. The topological polar surface area (TPSA) is 38.5 Å². The second kappa shape index (κ2) is 5.02. The number of halogens is 1. The van der Waals surface area contributed by atoms with Crippen molar-refractivity contribution in [3.8, 4) is 0 Å². The van der Waals surface area contributed by atoms with Gasteiger partial charge in [0.15, 0.2) is 0 Å². The molecule has 1 aliphatic heterocycles. The quantitative estimate of drug-likeness (QED) is 0.819. The van der Waals surface area contributed by atoms with Gasteiger partial charge in [-0.15, -0.1) is 0 Å². The van der Waals surface area contributed by atoms with Gasteiger partial charge in [0, 0.05) is 24.9 Å². The van der Waals surface area contributed by atoms with E-state index in [2.05, 4.69) is 18.9 Å². The van der Waals surface area contributed by atoms with Crippen LogP contribution >= 0.6 is 0 Å². The minimum absolute atomic E-state index is 0.252. The molecular weight excluding hydrogens is 219 g/mol. The lowest BCUT2D eigenvalue weighted by atomic mass is 10.1. The van der Waals surface area contributed by atoms with E-state index in [9.17, 15) is 4.39 Å². The third-order valence-electron chi connectivity index (χ3n) is 3.43. The van der Waals surface area contributed by atoms with Crippen LogP contribution in [0.4, 0.5) is 10.1 Å². The Morgan fingerprint density at radius 3 is 2.88 bits per heavy atom. The number of hydrogen-bond donors (Lipinski definition) is 1. The minimum atomic E-state index is -0.286. The highest BCUT2D eigenvalue weighted by Crippen LogP contribution is 2.22. The van der Waals surface area contributed by atoms with Crippen LogP contribution in [0.15, 0.2) is 18.2 Å². The summed E-state index contributed by atoms with van der Waals surface area (Å²) in [4.78, 5) is 2.22. The number of nitrogens with zero attached hydrogens (tertiary/aromatic N) is 1. The Morgan fingerprint density at radius 1 is 1.53 bits per heavy atom. The molecule has 0 bridgehead atoms. The minimum Gasteiger partial charge on any atom is -0.398 e. The molecule has 0 aliphatic carbocycles. The summed E-state index contributed by atoms with van der Waals surface area (Å²) in [7, 11) is 2.05. The fraction of sp³-hybridized carbons (Fsp3) is 0.538. The summed E-state index contributed by atoms with van der Waals surface area (Å²) in [5.74, 6) is -0.286. The molecule has 0 radical (unpaired) electrons. The maximum atomic E-state index is 12.9. The van der Waals surface area contributed by atoms with Gasteiger partial charge in [0.25, 0.3) is 0 Å². The Bertz CT molecular complexity index is 397. The molecule has 1 fully saturated rings. The van der Waals surface area contributed by atoms with Crippen molar-refractivity contribution < 1.29 is 9.13 Å². The number of nitrogen functional groups attached to an aromatic ring is 1. The maximum absolute atomic E-state index is 12.9. The van der Waals surface area contributed by atoms with Crippen molar-refractivity contribution in [2.45, 2.75) is 32.0 Å². The van der Waals surface area contributed by atoms with Crippen molar-refractivity contribution in [1.29, 1.82) is 0 Å². The largest absolute Gasteiger partial charge is 0.398 e. The molecule has 4 heteroatoms. The molecule has 2 unspecified atom stereocenters. The van der Waals surface area contributed by atoms with Crippen LogP contribution in [0.3, 0.4) is 0 Å². The number of benzene rings is 1. The zero-order valence-electron chi connectivity index (χ0n) is 10.3. The van der Waals surface area contributed by atoms with E-state index >= 15 is 0 Å². The molecule has 1 aromatic rings. The summed E-state index contributed by atoms with van der Waals surface area (Å²) in [6, 6.07) is 4.99. The van der Waals surface area contributed by atoms with Crippen LogP contribution < -0.4 is 5.73 Å². The highest BCUT2D eigenvalue weighted by atomic mass is 19.1. The first-order valence-corrected chi connectivity index (χ1v) is 5.93. The van der Waals surface area contributed by atoms with Crippen LogP contribution in [0.5, 0.6) is 0 Å². The van der Waals surface area contributed by atoms with E-state index in [1.165, 1.54) is 12.1 Å². The molecule has 0 amide bonds. The first-order chi connectivity index (χ1) is 8.08. The normalized spacial score (nSPS) is 24.5. The summed E-state index contributed by atoms with van der Waals surface area (Å²) in [5, 5.41) is 0. The van der Waals surface area contributed by atoms with Crippen molar-refractivity contribution in [2.75, 3.05) is 19.4 Å². The summed E-state index contributed by atoms with van der Waals surface area (Å²) >= 11 is 0. The zero-order chi connectivity index (χ0) is 12.4. The van der Waals surface area contributed by atoms with E-state index in [1.807, 2.05) is 0 Å². The SMILES string of the molecule is CC1OCCC1N(C)Cc1ccc(F)cc1N. The van der Waals surface area contributed by atoms with Crippen molar-refractivity contribution >= 4 is 5.69 Å². The lowest BCUT2D eigenvalue weighted by molar-refractivity contribution is 0.0815. The molecule has 17 heavy (non-hydrogen) atoms. The van der Waals surface area contributed by atoms with Gasteiger partial charge in [-0.1, -0.05) is 6.07 Å². The average Bonchev–Trinajstić information content (AvgIpc) is 2.68. The molecule has 1 saturated heterocycles. The van der Waals surface area contributed by atoms with E-state index in [4.69, 9.17) is 10.5 Å². The molecule has 2 rings (SSSR count).